The summed E-state index contributed by atoms with van der Waals surface area (Å²) >= 11 is 18.6. The highest BCUT2D eigenvalue weighted by Crippen LogP contribution is 2.37. The molecule has 1 atom stereocenters. The van der Waals surface area contributed by atoms with E-state index in [2.05, 4.69) is 0 Å². The summed E-state index contributed by atoms with van der Waals surface area (Å²) in [6.45, 7) is 3.46. The predicted molar refractivity (Wildman–Crippen MR) is 133 cm³/mol. The van der Waals surface area contributed by atoms with E-state index in [0.717, 1.165) is 12.8 Å². The number of halogens is 3. The lowest BCUT2D eigenvalue weighted by molar-refractivity contribution is -0.139. The van der Waals surface area contributed by atoms with Crippen molar-refractivity contribution in [3.63, 3.8) is 0 Å². The first-order chi connectivity index (χ1) is 16.4. The summed E-state index contributed by atoms with van der Waals surface area (Å²) in [5.74, 6) is 0.485. The van der Waals surface area contributed by atoms with Crippen molar-refractivity contribution in [2.24, 2.45) is 5.41 Å². The molecule has 4 rings (SSSR count). The number of likely N-dealkylation sites (tertiary alicyclic amines) is 1. The van der Waals surface area contributed by atoms with Crippen LogP contribution in [0.1, 0.15) is 29.6 Å². The molecule has 0 bridgehead atoms. The van der Waals surface area contributed by atoms with Crippen LogP contribution in [-0.4, -0.2) is 67.6 Å². The predicted octanol–water partition coefficient (Wildman–Crippen LogP) is 5.20. The van der Waals surface area contributed by atoms with Gasteiger partial charge in [0.05, 0.1) is 35.4 Å². The zero-order valence-corrected chi connectivity index (χ0v) is 21.0. The van der Waals surface area contributed by atoms with Crippen LogP contribution in [0.3, 0.4) is 0 Å². The molecule has 2 aromatic carbocycles. The molecule has 2 aliphatic heterocycles. The number of nitrogens with zero attached hydrogens (tertiary/aromatic N) is 2. The van der Waals surface area contributed by atoms with Crippen LogP contribution in [0.2, 0.25) is 15.1 Å². The van der Waals surface area contributed by atoms with Gasteiger partial charge in [-0.15, -0.1) is 0 Å². The van der Waals surface area contributed by atoms with E-state index in [1.165, 1.54) is 0 Å². The Hall–Kier alpha value is -1.99. The number of ether oxygens (including phenoxy) is 2. The van der Waals surface area contributed by atoms with E-state index in [0.29, 0.717) is 72.4 Å². The fraction of sp³-hybridized carbons (Fsp3) is 0.440. The fourth-order valence-corrected chi connectivity index (χ4v) is 5.25. The maximum absolute atomic E-state index is 13.4. The molecule has 182 valence electrons. The van der Waals surface area contributed by atoms with Gasteiger partial charge in [0.25, 0.3) is 5.91 Å². The van der Waals surface area contributed by atoms with Crippen molar-refractivity contribution in [1.82, 2.24) is 9.80 Å². The lowest BCUT2D eigenvalue weighted by atomic mass is 9.77. The van der Waals surface area contributed by atoms with Gasteiger partial charge in [-0.05, 0) is 49.2 Å². The summed E-state index contributed by atoms with van der Waals surface area (Å²) < 4.78 is 11.5. The molecule has 2 heterocycles. The third-order valence-electron chi connectivity index (χ3n) is 6.37. The third-order valence-corrected chi connectivity index (χ3v) is 7.26. The van der Waals surface area contributed by atoms with Crippen molar-refractivity contribution in [3.05, 3.63) is 63.1 Å². The molecule has 34 heavy (non-hydrogen) atoms. The van der Waals surface area contributed by atoms with Crippen molar-refractivity contribution >= 4 is 46.6 Å². The molecule has 2 saturated heterocycles. The normalized spacial score (nSPS) is 20.8. The van der Waals surface area contributed by atoms with Gasteiger partial charge in [-0.2, -0.15) is 0 Å². The summed E-state index contributed by atoms with van der Waals surface area (Å²) in [7, 11) is 0. The highest BCUT2D eigenvalue weighted by Gasteiger charge is 2.41. The molecule has 2 amide bonds. The topological polar surface area (TPSA) is 59.1 Å². The number of benzene rings is 2. The van der Waals surface area contributed by atoms with Crippen LogP contribution < -0.4 is 4.74 Å². The molecule has 6 nitrogen and oxygen atoms in total. The molecule has 0 radical (unpaired) electrons. The highest BCUT2D eigenvalue weighted by molar-refractivity contribution is 6.39. The van der Waals surface area contributed by atoms with Gasteiger partial charge in [0.1, 0.15) is 5.75 Å². The van der Waals surface area contributed by atoms with E-state index in [-0.39, 0.29) is 18.2 Å². The standard InChI is InChI=1S/C25H27Cl3N2O4/c26-18-5-7-19(8-6-18)34-17-25(15-22(31)29-11-13-33-14-12-29)9-2-10-30(16-25)24(32)23-20(27)3-1-4-21(23)28/h1,3-8H,2,9-17H2/t25-/m0/s1. The lowest BCUT2D eigenvalue weighted by Gasteiger charge is -2.43. The summed E-state index contributed by atoms with van der Waals surface area (Å²) in [5.41, 5.74) is -0.254. The Kier molecular flexibility index (Phi) is 8.25. The van der Waals surface area contributed by atoms with Crippen molar-refractivity contribution < 1.29 is 19.1 Å². The van der Waals surface area contributed by atoms with Gasteiger partial charge < -0.3 is 19.3 Å². The van der Waals surface area contributed by atoms with Gasteiger partial charge in [0.15, 0.2) is 0 Å². The second kappa shape index (κ2) is 11.2. The highest BCUT2D eigenvalue weighted by atomic mass is 35.5. The van der Waals surface area contributed by atoms with Crippen LogP contribution in [-0.2, 0) is 9.53 Å². The smallest absolute Gasteiger partial charge is 0.256 e. The van der Waals surface area contributed by atoms with Crippen LogP contribution in [0, 0.1) is 5.41 Å². The minimum absolute atomic E-state index is 0.0491. The fourth-order valence-electron chi connectivity index (χ4n) is 4.57. The number of amides is 2. The summed E-state index contributed by atoms with van der Waals surface area (Å²) in [6, 6.07) is 12.1. The van der Waals surface area contributed by atoms with E-state index < -0.39 is 5.41 Å². The number of carbonyl (C=O) groups excluding carboxylic acids is 2. The maximum Gasteiger partial charge on any atom is 0.256 e. The van der Waals surface area contributed by atoms with Crippen LogP contribution >= 0.6 is 34.8 Å². The Morgan fingerprint density at radius 3 is 2.29 bits per heavy atom. The van der Waals surface area contributed by atoms with Crippen LogP contribution in [0.4, 0.5) is 0 Å². The number of carbonyl (C=O) groups is 2. The average molecular weight is 526 g/mol. The second-order valence-electron chi connectivity index (χ2n) is 8.84. The molecular weight excluding hydrogens is 499 g/mol. The molecule has 0 aliphatic carbocycles. The Morgan fingerprint density at radius 1 is 0.941 bits per heavy atom. The van der Waals surface area contributed by atoms with Gasteiger partial charge in [-0.1, -0.05) is 40.9 Å². The molecular formula is C25H27Cl3N2O4. The number of hydrogen-bond donors (Lipinski definition) is 0. The van der Waals surface area contributed by atoms with Crippen LogP contribution in [0.25, 0.3) is 0 Å². The average Bonchev–Trinajstić information content (AvgIpc) is 2.84. The minimum Gasteiger partial charge on any atom is -0.493 e. The monoisotopic (exact) mass is 524 g/mol. The SMILES string of the molecule is O=C(C[C@@]1(COc2ccc(Cl)cc2)CCCN(C(=O)c2c(Cl)cccc2Cl)C1)N1CCOCC1. The molecule has 2 fully saturated rings. The molecule has 2 aromatic rings. The van der Waals surface area contributed by atoms with Gasteiger partial charge in [-0.25, -0.2) is 0 Å². The van der Waals surface area contributed by atoms with Gasteiger partial charge in [0.2, 0.25) is 5.91 Å². The molecule has 0 unspecified atom stereocenters. The minimum atomic E-state index is -0.545. The molecule has 0 spiro atoms. The number of rotatable bonds is 6. The Balaban J connectivity index is 1.56. The third kappa shape index (κ3) is 5.98. The van der Waals surface area contributed by atoms with Gasteiger partial charge in [0, 0.05) is 43.0 Å². The molecule has 0 aromatic heterocycles. The lowest BCUT2D eigenvalue weighted by Crippen LogP contribution is -2.52. The quantitative estimate of drug-likeness (QED) is 0.520. The maximum atomic E-state index is 13.4. The van der Waals surface area contributed by atoms with Crippen molar-refractivity contribution in [2.75, 3.05) is 46.0 Å². The first-order valence-corrected chi connectivity index (χ1v) is 12.5. The first kappa shape index (κ1) is 25.1. The van der Waals surface area contributed by atoms with Crippen molar-refractivity contribution in [2.45, 2.75) is 19.3 Å². The molecule has 2 aliphatic rings. The Bertz CT molecular complexity index is 1010. The van der Waals surface area contributed by atoms with Gasteiger partial charge in [-0.3, -0.25) is 9.59 Å². The van der Waals surface area contributed by atoms with E-state index in [9.17, 15) is 9.59 Å². The zero-order chi connectivity index (χ0) is 24.1. The number of hydrogen-bond acceptors (Lipinski definition) is 4. The van der Waals surface area contributed by atoms with Crippen LogP contribution in [0.15, 0.2) is 42.5 Å². The molecule has 9 heteroatoms. The van der Waals surface area contributed by atoms with Crippen molar-refractivity contribution in [1.29, 1.82) is 0 Å². The number of piperidine rings is 1. The van der Waals surface area contributed by atoms with E-state index in [1.807, 2.05) is 4.90 Å². The number of morpholine rings is 1. The summed E-state index contributed by atoms with van der Waals surface area (Å²) in [6.07, 6.45) is 1.78. The summed E-state index contributed by atoms with van der Waals surface area (Å²) in [5, 5.41) is 1.25. The summed E-state index contributed by atoms with van der Waals surface area (Å²) in [4.78, 5) is 30.2. The van der Waals surface area contributed by atoms with Crippen LogP contribution in [0.5, 0.6) is 5.75 Å². The Morgan fingerprint density at radius 2 is 1.62 bits per heavy atom. The van der Waals surface area contributed by atoms with Crippen molar-refractivity contribution in [3.8, 4) is 5.75 Å². The molecule has 0 N–H and O–H groups in total. The molecule has 0 saturated carbocycles. The first-order valence-electron chi connectivity index (χ1n) is 11.3. The Labute approximate surface area is 214 Å². The van der Waals surface area contributed by atoms with E-state index in [4.69, 9.17) is 44.3 Å². The van der Waals surface area contributed by atoms with Gasteiger partial charge >= 0.3 is 0 Å². The zero-order valence-electron chi connectivity index (χ0n) is 18.8. The van der Waals surface area contributed by atoms with E-state index in [1.54, 1.807) is 47.4 Å². The van der Waals surface area contributed by atoms with E-state index >= 15 is 0 Å². The second-order valence-corrected chi connectivity index (χ2v) is 10.1. The largest absolute Gasteiger partial charge is 0.493 e.